The molecule has 0 spiro atoms. The highest BCUT2D eigenvalue weighted by Crippen LogP contribution is 2.23. The summed E-state index contributed by atoms with van der Waals surface area (Å²) in [6.07, 6.45) is 1.48. The Hall–Kier alpha value is -2.33. The molecule has 4 nitrogen and oxygen atoms in total. The summed E-state index contributed by atoms with van der Waals surface area (Å²) in [6.45, 7) is 2.65. The number of benzene rings is 2. The van der Waals surface area contributed by atoms with Crippen LogP contribution < -0.4 is 10.2 Å². The van der Waals surface area contributed by atoms with E-state index in [1.165, 1.54) is 0 Å². The first-order valence-corrected chi connectivity index (χ1v) is 7.90. The van der Waals surface area contributed by atoms with E-state index in [0.29, 0.717) is 22.7 Å². The Morgan fingerprint density at radius 3 is 2.57 bits per heavy atom. The molecule has 1 aliphatic rings. The number of nitrogens with zero attached hydrogens (tertiary/aromatic N) is 1. The lowest BCUT2D eigenvalue weighted by Gasteiger charge is -2.16. The summed E-state index contributed by atoms with van der Waals surface area (Å²) in [5.41, 5.74) is 3.02. The predicted octanol–water partition coefficient (Wildman–Crippen LogP) is 4.03. The van der Waals surface area contributed by atoms with Gasteiger partial charge in [-0.15, -0.1) is 0 Å². The van der Waals surface area contributed by atoms with Gasteiger partial charge in [0, 0.05) is 34.9 Å². The molecule has 0 bridgehead atoms. The molecule has 0 aliphatic carbocycles. The standard InChI is InChI=1S/C18H17ClN2O2/c1-12-4-7-14(19)11-16(12)20-18(23)13-5-8-15(9-6-13)21-10-2-3-17(21)22/h4-9,11H,2-3,10H2,1H3,(H,20,23). The van der Waals surface area contributed by atoms with E-state index in [9.17, 15) is 9.59 Å². The number of anilines is 2. The Kier molecular flexibility index (Phi) is 4.35. The third kappa shape index (κ3) is 3.37. The van der Waals surface area contributed by atoms with Crippen molar-refractivity contribution in [1.82, 2.24) is 0 Å². The molecular weight excluding hydrogens is 312 g/mol. The second kappa shape index (κ2) is 6.42. The molecule has 1 fully saturated rings. The molecule has 118 valence electrons. The van der Waals surface area contributed by atoms with Gasteiger partial charge in [0.25, 0.3) is 5.91 Å². The maximum absolute atomic E-state index is 12.3. The van der Waals surface area contributed by atoms with Crippen molar-refractivity contribution in [3.63, 3.8) is 0 Å². The van der Waals surface area contributed by atoms with E-state index in [-0.39, 0.29) is 11.8 Å². The maximum atomic E-state index is 12.3. The fourth-order valence-corrected chi connectivity index (χ4v) is 2.81. The van der Waals surface area contributed by atoms with Crippen LogP contribution in [0, 0.1) is 6.92 Å². The normalized spacial score (nSPS) is 14.2. The molecule has 0 unspecified atom stereocenters. The molecule has 23 heavy (non-hydrogen) atoms. The van der Waals surface area contributed by atoms with Gasteiger partial charge in [0.15, 0.2) is 0 Å². The van der Waals surface area contributed by atoms with Gasteiger partial charge < -0.3 is 10.2 Å². The fourth-order valence-electron chi connectivity index (χ4n) is 2.64. The van der Waals surface area contributed by atoms with Crippen LogP contribution in [0.5, 0.6) is 0 Å². The van der Waals surface area contributed by atoms with Crippen LogP contribution in [-0.2, 0) is 4.79 Å². The lowest BCUT2D eigenvalue weighted by Crippen LogP contribution is -2.23. The number of amides is 2. The van der Waals surface area contributed by atoms with E-state index < -0.39 is 0 Å². The van der Waals surface area contributed by atoms with Crippen molar-refractivity contribution in [3.8, 4) is 0 Å². The van der Waals surface area contributed by atoms with Gasteiger partial charge in [-0.05, 0) is 55.3 Å². The van der Waals surface area contributed by atoms with E-state index in [2.05, 4.69) is 5.32 Å². The first kappa shape index (κ1) is 15.6. The van der Waals surface area contributed by atoms with Crippen molar-refractivity contribution in [2.75, 3.05) is 16.8 Å². The smallest absolute Gasteiger partial charge is 0.255 e. The van der Waals surface area contributed by atoms with Crippen LogP contribution in [0.4, 0.5) is 11.4 Å². The zero-order valence-electron chi connectivity index (χ0n) is 12.8. The molecule has 0 atom stereocenters. The lowest BCUT2D eigenvalue weighted by atomic mass is 10.1. The summed E-state index contributed by atoms with van der Waals surface area (Å²) >= 11 is 5.96. The summed E-state index contributed by atoms with van der Waals surface area (Å²) < 4.78 is 0. The molecule has 2 aromatic rings. The number of carbonyl (C=O) groups excluding carboxylic acids is 2. The molecule has 1 N–H and O–H groups in total. The highest BCUT2D eigenvalue weighted by Gasteiger charge is 2.21. The molecule has 1 heterocycles. The summed E-state index contributed by atoms with van der Waals surface area (Å²) in [6, 6.07) is 12.5. The van der Waals surface area contributed by atoms with Crippen LogP contribution in [0.3, 0.4) is 0 Å². The molecule has 3 rings (SSSR count). The topological polar surface area (TPSA) is 49.4 Å². The van der Waals surface area contributed by atoms with Gasteiger partial charge in [-0.1, -0.05) is 17.7 Å². The molecule has 0 saturated carbocycles. The highest BCUT2D eigenvalue weighted by atomic mass is 35.5. The lowest BCUT2D eigenvalue weighted by molar-refractivity contribution is -0.117. The second-order valence-corrected chi connectivity index (χ2v) is 6.05. The van der Waals surface area contributed by atoms with Crippen molar-refractivity contribution in [2.45, 2.75) is 19.8 Å². The molecule has 0 aromatic heterocycles. The zero-order valence-corrected chi connectivity index (χ0v) is 13.6. The van der Waals surface area contributed by atoms with E-state index in [1.807, 2.05) is 25.1 Å². The molecule has 2 aromatic carbocycles. The van der Waals surface area contributed by atoms with E-state index in [1.54, 1.807) is 29.2 Å². The fraction of sp³-hybridized carbons (Fsp3) is 0.222. The quantitative estimate of drug-likeness (QED) is 0.924. The van der Waals surface area contributed by atoms with E-state index in [0.717, 1.165) is 24.2 Å². The average Bonchev–Trinajstić information content (AvgIpc) is 2.97. The molecule has 2 amide bonds. The van der Waals surface area contributed by atoms with Gasteiger partial charge >= 0.3 is 0 Å². The van der Waals surface area contributed by atoms with E-state index in [4.69, 9.17) is 11.6 Å². The third-order valence-electron chi connectivity index (χ3n) is 3.96. The van der Waals surface area contributed by atoms with Gasteiger partial charge in [-0.3, -0.25) is 9.59 Å². The molecule has 1 saturated heterocycles. The summed E-state index contributed by atoms with van der Waals surface area (Å²) in [7, 11) is 0. The Morgan fingerprint density at radius 1 is 1.17 bits per heavy atom. The number of halogens is 1. The summed E-state index contributed by atoms with van der Waals surface area (Å²) in [5, 5.41) is 3.44. The summed E-state index contributed by atoms with van der Waals surface area (Å²) in [4.78, 5) is 25.8. The Balaban J connectivity index is 1.75. The van der Waals surface area contributed by atoms with Gasteiger partial charge in [-0.2, -0.15) is 0 Å². The van der Waals surface area contributed by atoms with Crippen molar-refractivity contribution >= 4 is 34.8 Å². The maximum Gasteiger partial charge on any atom is 0.255 e. The minimum atomic E-state index is -0.199. The molecule has 0 radical (unpaired) electrons. The molecule has 1 aliphatic heterocycles. The van der Waals surface area contributed by atoms with Crippen molar-refractivity contribution in [3.05, 3.63) is 58.6 Å². The second-order valence-electron chi connectivity index (χ2n) is 5.61. The predicted molar refractivity (Wildman–Crippen MR) is 92.2 cm³/mol. The van der Waals surface area contributed by atoms with Crippen LogP contribution in [0.1, 0.15) is 28.8 Å². The monoisotopic (exact) mass is 328 g/mol. The van der Waals surface area contributed by atoms with Gasteiger partial charge in [0.05, 0.1) is 0 Å². The van der Waals surface area contributed by atoms with E-state index >= 15 is 0 Å². The van der Waals surface area contributed by atoms with Crippen molar-refractivity contribution < 1.29 is 9.59 Å². The summed E-state index contributed by atoms with van der Waals surface area (Å²) in [5.74, 6) is -0.0635. The number of aryl methyl sites for hydroxylation is 1. The van der Waals surface area contributed by atoms with Crippen LogP contribution in [0.2, 0.25) is 5.02 Å². The van der Waals surface area contributed by atoms with Crippen molar-refractivity contribution in [1.29, 1.82) is 0 Å². The number of nitrogens with one attached hydrogen (secondary N) is 1. The number of rotatable bonds is 3. The SMILES string of the molecule is Cc1ccc(Cl)cc1NC(=O)c1ccc(N2CCCC2=O)cc1. The Morgan fingerprint density at radius 2 is 1.91 bits per heavy atom. The third-order valence-corrected chi connectivity index (χ3v) is 4.20. The average molecular weight is 329 g/mol. The zero-order chi connectivity index (χ0) is 16.4. The van der Waals surface area contributed by atoms with Crippen LogP contribution in [-0.4, -0.2) is 18.4 Å². The number of hydrogen-bond donors (Lipinski definition) is 1. The minimum absolute atomic E-state index is 0.136. The first-order chi connectivity index (χ1) is 11.0. The minimum Gasteiger partial charge on any atom is -0.322 e. The first-order valence-electron chi connectivity index (χ1n) is 7.52. The van der Waals surface area contributed by atoms with Gasteiger partial charge in [0.1, 0.15) is 0 Å². The van der Waals surface area contributed by atoms with Crippen LogP contribution >= 0.6 is 11.6 Å². The van der Waals surface area contributed by atoms with Crippen LogP contribution in [0.15, 0.2) is 42.5 Å². The Labute approximate surface area is 140 Å². The van der Waals surface area contributed by atoms with Gasteiger partial charge in [-0.25, -0.2) is 0 Å². The number of hydrogen-bond acceptors (Lipinski definition) is 2. The molecule has 5 heteroatoms. The molecular formula is C18H17ClN2O2. The highest BCUT2D eigenvalue weighted by molar-refractivity contribution is 6.31. The Bertz CT molecular complexity index is 756. The largest absolute Gasteiger partial charge is 0.322 e. The van der Waals surface area contributed by atoms with Crippen molar-refractivity contribution in [2.24, 2.45) is 0 Å². The van der Waals surface area contributed by atoms with Gasteiger partial charge in [0.2, 0.25) is 5.91 Å². The van der Waals surface area contributed by atoms with Crippen LogP contribution in [0.25, 0.3) is 0 Å². The number of carbonyl (C=O) groups is 2.